The maximum absolute atomic E-state index is 15.2. The van der Waals surface area contributed by atoms with Crippen molar-refractivity contribution in [3.8, 4) is 22.5 Å². The fraction of sp³-hybridized carbons (Fsp3) is 0.538. The minimum atomic E-state index is -1.94. The average molecular weight is 733 g/mol. The van der Waals surface area contributed by atoms with Crippen LogP contribution in [0.4, 0.5) is 4.39 Å². The van der Waals surface area contributed by atoms with Crippen LogP contribution in [0, 0.1) is 5.41 Å². The summed E-state index contributed by atoms with van der Waals surface area (Å²) in [4.78, 5) is 36.5. The molecule has 1 saturated heterocycles. The maximum atomic E-state index is 15.2. The number of aromatic nitrogens is 3. The molecule has 1 saturated carbocycles. The average Bonchev–Trinajstić information content (AvgIpc) is 3.73. The molecule has 1 aromatic carbocycles. The van der Waals surface area contributed by atoms with Crippen LogP contribution in [0.1, 0.15) is 82.2 Å². The van der Waals surface area contributed by atoms with Crippen molar-refractivity contribution in [3.63, 3.8) is 0 Å². The second-order valence-corrected chi connectivity index (χ2v) is 16.2. The van der Waals surface area contributed by atoms with Crippen LogP contribution in [0.15, 0.2) is 41.9 Å². The lowest BCUT2D eigenvalue weighted by molar-refractivity contribution is -0.157. The van der Waals surface area contributed by atoms with E-state index in [9.17, 15) is 14.7 Å². The minimum absolute atomic E-state index is 0.161. The first-order chi connectivity index (χ1) is 24.9. The van der Waals surface area contributed by atoms with Crippen molar-refractivity contribution in [2.75, 3.05) is 20.3 Å². The van der Waals surface area contributed by atoms with Crippen LogP contribution in [0.2, 0.25) is 0 Å². The summed E-state index contributed by atoms with van der Waals surface area (Å²) in [6, 6.07) is 8.87. The van der Waals surface area contributed by atoms with E-state index >= 15 is 4.39 Å². The molecular formula is C39H49FN6O5S. The molecule has 2 aliphatic heterocycles. The zero-order valence-electron chi connectivity index (χ0n) is 30.6. The van der Waals surface area contributed by atoms with Gasteiger partial charge in [0.25, 0.3) is 5.91 Å². The summed E-state index contributed by atoms with van der Waals surface area (Å²) in [7, 11) is 1.69. The molecule has 1 amide bonds. The van der Waals surface area contributed by atoms with Crippen LogP contribution in [0.25, 0.3) is 33.4 Å². The largest absolute Gasteiger partial charge is 0.464 e. The van der Waals surface area contributed by atoms with Gasteiger partial charge in [0.05, 0.1) is 40.8 Å². The Bertz CT molecular complexity index is 1960. The molecule has 2 unspecified atom stereocenters. The summed E-state index contributed by atoms with van der Waals surface area (Å²) in [5.74, 6) is -1.13. The number of benzene rings is 1. The quantitative estimate of drug-likeness (QED) is 0.208. The first-order valence-electron chi connectivity index (χ1n) is 18.4. The van der Waals surface area contributed by atoms with Gasteiger partial charge >= 0.3 is 5.97 Å². The number of hydrogen-bond donors (Lipinski definition) is 3. The van der Waals surface area contributed by atoms with Crippen LogP contribution in [-0.2, 0) is 38.4 Å². The number of nitrogens with one attached hydrogen (secondary N) is 2. The number of hydrogen-bond acceptors (Lipinski definition) is 10. The van der Waals surface area contributed by atoms with Gasteiger partial charge < -0.3 is 24.5 Å². The number of carbonyl (C=O) groups excluding carboxylic acids is 2. The number of ether oxygens (including phenoxy) is 2. The van der Waals surface area contributed by atoms with Crippen LogP contribution >= 0.6 is 11.3 Å². The lowest BCUT2D eigenvalue weighted by Gasteiger charge is -2.40. The summed E-state index contributed by atoms with van der Waals surface area (Å²) < 4.78 is 29.4. The number of aliphatic hydroxyl groups excluding tert-OH is 1. The third-order valence-corrected chi connectivity index (χ3v) is 11.7. The number of pyridine rings is 1. The second kappa shape index (κ2) is 14.6. The number of thiazole rings is 1. The van der Waals surface area contributed by atoms with Crippen LogP contribution in [0.5, 0.6) is 0 Å². The first kappa shape index (κ1) is 36.6. The van der Waals surface area contributed by atoms with E-state index < -0.39 is 41.3 Å². The molecule has 52 heavy (non-hydrogen) atoms. The van der Waals surface area contributed by atoms with Crippen LogP contribution in [-0.4, -0.2) is 80.8 Å². The van der Waals surface area contributed by atoms with E-state index in [0.717, 1.165) is 51.2 Å². The number of alkyl halides is 1. The van der Waals surface area contributed by atoms with Gasteiger partial charge in [0.1, 0.15) is 12.3 Å². The minimum Gasteiger partial charge on any atom is -0.464 e. The number of carbonyl (C=O) groups is 2. The van der Waals surface area contributed by atoms with E-state index in [4.69, 9.17) is 19.4 Å². The van der Waals surface area contributed by atoms with Gasteiger partial charge in [-0.3, -0.25) is 14.6 Å². The molecule has 13 heteroatoms. The number of aliphatic hydroxyl groups is 1. The third-order valence-electron chi connectivity index (χ3n) is 10.9. The van der Waals surface area contributed by atoms with Gasteiger partial charge in [-0.05, 0) is 82.2 Å². The van der Waals surface area contributed by atoms with Crippen LogP contribution < -0.4 is 10.7 Å². The smallest absolute Gasteiger partial charge is 0.324 e. The zero-order chi connectivity index (χ0) is 36.8. The lowest BCUT2D eigenvalue weighted by atomic mass is 9.81. The summed E-state index contributed by atoms with van der Waals surface area (Å²) in [5.41, 5.74) is 7.56. The van der Waals surface area contributed by atoms with Crippen molar-refractivity contribution >= 4 is 34.1 Å². The predicted octanol–water partition coefficient (Wildman–Crippen LogP) is 5.89. The molecule has 1 aliphatic carbocycles. The van der Waals surface area contributed by atoms with Crippen LogP contribution in [0.3, 0.4) is 0 Å². The molecular weight excluding hydrogens is 684 g/mol. The predicted molar refractivity (Wildman–Crippen MR) is 198 cm³/mol. The van der Waals surface area contributed by atoms with E-state index in [1.807, 2.05) is 18.4 Å². The number of hydrazine groups is 1. The number of fused-ring (bicyclic) bond motifs is 6. The molecule has 278 valence electrons. The van der Waals surface area contributed by atoms with E-state index in [2.05, 4.69) is 60.3 Å². The number of esters is 1. The van der Waals surface area contributed by atoms with Crippen molar-refractivity contribution in [2.24, 2.45) is 5.41 Å². The maximum Gasteiger partial charge on any atom is 0.324 e. The number of methoxy groups -OCH3 is 1. The first-order valence-corrected chi connectivity index (χ1v) is 19.2. The molecule has 4 aromatic rings. The molecule has 2 fully saturated rings. The monoisotopic (exact) mass is 732 g/mol. The van der Waals surface area contributed by atoms with Crippen molar-refractivity contribution in [1.29, 1.82) is 0 Å². The van der Waals surface area contributed by atoms with Crippen molar-refractivity contribution in [1.82, 2.24) is 30.3 Å². The van der Waals surface area contributed by atoms with Gasteiger partial charge in [-0.15, -0.1) is 11.3 Å². The van der Waals surface area contributed by atoms with E-state index in [1.54, 1.807) is 18.3 Å². The summed E-state index contributed by atoms with van der Waals surface area (Å²) in [6.07, 6.45) is 3.23. The number of aryl methyl sites for hydroxylation is 1. The van der Waals surface area contributed by atoms with Crippen molar-refractivity contribution in [3.05, 3.63) is 58.2 Å². The Morgan fingerprint density at radius 3 is 2.81 bits per heavy atom. The number of rotatable bonds is 6. The van der Waals surface area contributed by atoms with Crippen molar-refractivity contribution < 1.29 is 28.6 Å². The fourth-order valence-electron chi connectivity index (χ4n) is 7.71. The molecule has 11 nitrogen and oxygen atoms in total. The van der Waals surface area contributed by atoms with Gasteiger partial charge in [-0.1, -0.05) is 19.9 Å². The highest BCUT2D eigenvalue weighted by atomic mass is 32.1. The molecule has 3 aliphatic rings. The Balaban J connectivity index is 1.35. The van der Waals surface area contributed by atoms with E-state index in [1.165, 1.54) is 11.3 Å². The molecule has 3 N–H and O–H groups in total. The molecule has 6 bridgehead atoms. The molecule has 0 radical (unpaired) electrons. The lowest BCUT2D eigenvalue weighted by Crippen LogP contribution is -2.64. The molecule has 3 aromatic heterocycles. The third kappa shape index (κ3) is 7.01. The number of nitrogens with zero attached hydrogens (tertiary/aromatic N) is 4. The van der Waals surface area contributed by atoms with E-state index in [-0.39, 0.29) is 32.0 Å². The van der Waals surface area contributed by atoms with Gasteiger partial charge in [0.15, 0.2) is 5.67 Å². The summed E-state index contributed by atoms with van der Waals surface area (Å²) in [6.45, 7) is 9.67. The second-order valence-electron chi connectivity index (χ2n) is 15.2. The highest BCUT2D eigenvalue weighted by Crippen LogP contribution is 2.42. The van der Waals surface area contributed by atoms with Gasteiger partial charge in [0, 0.05) is 65.6 Å². The normalized spacial score (nSPS) is 25.1. The highest BCUT2D eigenvalue weighted by molar-refractivity contribution is 7.10. The fourth-order valence-corrected chi connectivity index (χ4v) is 8.57. The Morgan fingerprint density at radius 2 is 2.08 bits per heavy atom. The van der Waals surface area contributed by atoms with Gasteiger partial charge in [-0.25, -0.2) is 19.8 Å². The Hall–Kier alpha value is -3.75. The van der Waals surface area contributed by atoms with Gasteiger partial charge in [-0.2, -0.15) is 0 Å². The molecule has 7 rings (SSSR count). The molecule has 0 spiro atoms. The van der Waals surface area contributed by atoms with E-state index in [0.29, 0.717) is 37.2 Å². The number of cyclic esters (lactones) is 1. The Kier molecular flexibility index (Phi) is 10.3. The Labute approximate surface area is 307 Å². The van der Waals surface area contributed by atoms with Gasteiger partial charge in [0.2, 0.25) is 0 Å². The summed E-state index contributed by atoms with van der Waals surface area (Å²) in [5, 5.41) is 19.8. The standard InChI is InChI=1S/C39H49FN6O5S/c1-6-45-31-13-12-24-18-26(31)27(34(45)25-10-7-16-41-33(25)23(2)50-5)20-38(3,4)22-51-36(48)28-11-8-17-46(44-28)35(47)29(19-32-42-30(24)21-52-32)43-37(49)39(40)14-9-15-39/h7,10,12-13,16,18,21,23,28-29,35,44,47H,6,8-9,11,14-15,17,19-20,22H2,1-5H3,(H,43,49)/t23-,28-,29-,35?/m0/s1. The summed E-state index contributed by atoms with van der Waals surface area (Å²) >= 11 is 1.44. The number of halogens is 1. The number of amides is 1. The topological polar surface area (TPSA) is 131 Å². The Morgan fingerprint density at radius 1 is 1.27 bits per heavy atom. The SMILES string of the molecule is CCn1c(-c2cccnc2[C@H](C)OC)c2c3cc(ccc31)-c1csc(n1)C[C@H](NC(=O)C1(F)CCC1)C(O)N1CCC[C@H](N1)C(=O)OCC(C)(C)C2. The van der Waals surface area contributed by atoms with Crippen molar-refractivity contribution in [2.45, 2.75) is 109 Å². The molecule has 5 atom stereocenters. The molecule has 5 heterocycles. The zero-order valence-corrected chi connectivity index (χ0v) is 31.4. The highest BCUT2D eigenvalue weighted by Gasteiger charge is 2.46.